The van der Waals surface area contributed by atoms with Crippen LogP contribution in [0.25, 0.3) is 182 Å². The van der Waals surface area contributed by atoms with Gasteiger partial charge in [0.15, 0.2) is 0 Å². The fraction of sp³-hybridized carbons (Fsp3) is 0.00870. The number of nitrogens with two attached hydrogens (primary N) is 1. The minimum absolute atomic E-state index is 0. The molecule has 0 atom stereocenters. The van der Waals surface area contributed by atoms with Crippen LogP contribution in [0.2, 0.25) is 0 Å². The Hall–Kier alpha value is -13.1. The Bertz CT molecular complexity index is 8910. The number of aromatic nitrogens is 3. The summed E-state index contributed by atoms with van der Waals surface area (Å²) >= 11 is 12.3. The van der Waals surface area contributed by atoms with E-state index in [0.29, 0.717) is 29.0 Å². The number of nitrogen functional groups attached to an aromatic ring is 1. The van der Waals surface area contributed by atoms with Gasteiger partial charge in [0.2, 0.25) is 0 Å². The average molecular weight is 2000 g/mol. The molecule has 6 nitrogen and oxygen atoms in total. The molecule has 19 aromatic carbocycles. The van der Waals surface area contributed by atoms with Gasteiger partial charge in [-0.15, -0.1) is 22.7 Å². The number of hydrogen-bond donors (Lipinski definition) is 2. The summed E-state index contributed by atoms with van der Waals surface area (Å²) in [5.74, 6) is 0. The molecule has 0 spiro atoms. The standard InChI is InChI=1S/C42H26N2SSe.C30H20N2S.C18H12IN.C12H7BrSe.C12H9NS.CH4/c1-2-11-27(12-3-1)44-35-16-7-4-13-30(35)33-25-28(21-23-36(33)44)43(29-22-24-41-34(26-29)31-14-6-9-20-40(31)46-41)37-17-10-19-39-42(37)32-15-5-8-18-38(32)45-39;1-2-9-21(10-3-1)32-26-14-6-4-11-22(26)24-19-20(17-18-27(24)32)31-25-13-8-16-29-30(25)23-12-5-7-15-28(23)33-29;19-13-10-11-18-16(12-13)15-8-4-5-9-17(15)20(18)14-6-2-1-3-7-14;13-8-5-6-12-10(7-8)9-3-1-2-4-11(9)14-12;13-9-5-3-7-11-12(9)8-4-1-2-6-10(8)14-11;/h1-26H;1-19,31H;1-12H;1-7H;1-7H,13H2;1H4. The zero-order valence-corrected chi connectivity index (χ0v) is 77.8. The molecule has 8 heterocycles. The van der Waals surface area contributed by atoms with Gasteiger partial charge in [-0.2, -0.15) is 0 Å². The van der Waals surface area contributed by atoms with Crippen LogP contribution >= 0.6 is 72.5 Å². The van der Waals surface area contributed by atoms with Gasteiger partial charge in [-0.05, 0) is 132 Å². The Morgan fingerprint density at radius 3 is 1.17 bits per heavy atom. The molecule has 0 aliphatic rings. The number of benzene rings is 19. The average Bonchev–Trinajstić information content (AvgIpc) is 1.56. The van der Waals surface area contributed by atoms with Gasteiger partial charge in [0.05, 0.1) is 22.1 Å². The van der Waals surface area contributed by atoms with Crippen molar-refractivity contribution >= 4 is 300 Å². The number of anilines is 6. The molecule has 8 aromatic heterocycles. The van der Waals surface area contributed by atoms with Gasteiger partial charge in [0.1, 0.15) is 0 Å². The minimum atomic E-state index is 0. The SMILES string of the molecule is Brc1ccc2[se]c3ccccc3c2c1.C.Ic1ccc2c(c1)c1ccccc1n2-c1ccccc1.Nc1cccc2sc3ccccc3c12.c1ccc(-n2c3ccccc3c3cc(N(c4ccc5[se]c6ccccc6c5c4)c4cccc5sc6ccccc6c45)ccc32)cc1.c1ccc(-n2c3ccccc3c3cc(Nc4cccc5sc6ccccc6c45)ccc32)cc1. The molecular weight excluding hydrogens is 1930 g/mol. The molecule has 0 saturated carbocycles. The third-order valence-corrected chi connectivity index (χ3v) is 33.4. The van der Waals surface area contributed by atoms with Gasteiger partial charge in [-0.3, -0.25) is 0 Å². The second-order valence-corrected chi connectivity index (χ2v) is 41.4. The summed E-state index contributed by atoms with van der Waals surface area (Å²) in [5.41, 5.74) is 23.6. The molecule has 612 valence electrons. The van der Waals surface area contributed by atoms with E-state index in [1.54, 1.807) is 11.3 Å². The third kappa shape index (κ3) is 14.7. The van der Waals surface area contributed by atoms with E-state index in [4.69, 9.17) is 5.73 Å². The Labute approximate surface area is 785 Å². The molecular formula is C115H78BrIN6S3Se2. The van der Waals surface area contributed by atoms with Gasteiger partial charge in [-0.1, -0.05) is 147 Å². The van der Waals surface area contributed by atoms with E-state index in [2.05, 4.69) is 481 Å². The van der Waals surface area contributed by atoms with E-state index in [1.807, 2.05) is 34.8 Å². The Kier molecular flexibility index (Phi) is 21.8. The van der Waals surface area contributed by atoms with Crippen LogP contribution in [0.15, 0.2) is 435 Å². The van der Waals surface area contributed by atoms with E-state index in [1.165, 1.54) is 201 Å². The van der Waals surface area contributed by atoms with Gasteiger partial charge in [-0.25, -0.2) is 0 Å². The quantitative estimate of drug-likeness (QED) is 0.0906. The molecule has 0 saturated heterocycles. The fourth-order valence-electron chi connectivity index (χ4n) is 18.4. The van der Waals surface area contributed by atoms with Crippen LogP contribution in [0.3, 0.4) is 0 Å². The van der Waals surface area contributed by atoms with Crippen molar-refractivity contribution in [2.24, 2.45) is 0 Å². The first kappa shape index (κ1) is 80.7. The Balaban J connectivity index is 0.000000102. The van der Waals surface area contributed by atoms with Crippen molar-refractivity contribution in [2.45, 2.75) is 7.43 Å². The molecule has 0 aliphatic heterocycles. The smallest absolute Gasteiger partial charge is 0.355 e. The third-order valence-electron chi connectivity index (χ3n) is 24.0. The van der Waals surface area contributed by atoms with Crippen molar-refractivity contribution in [1.82, 2.24) is 13.7 Å². The summed E-state index contributed by atoms with van der Waals surface area (Å²) < 4.78 is 23.3. The molecule has 13 heteroatoms. The molecule has 128 heavy (non-hydrogen) atoms. The number of nitrogens with zero attached hydrogens (tertiary/aromatic N) is 4. The zero-order chi connectivity index (χ0) is 84.6. The first-order valence-corrected chi connectivity index (χ1v) is 49.9. The first-order valence-electron chi connectivity index (χ1n) is 42.2. The van der Waals surface area contributed by atoms with Crippen molar-refractivity contribution in [3.8, 4) is 17.1 Å². The maximum atomic E-state index is 5.97. The number of hydrogen-bond acceptors (Lipinski definition) is 6. The van der Waals surface area contributed by atoms with Gasteiger partial charge < -0.3 is 20.2 Å². The molecule has 27 rings (SSSR count). The predicted molar refractivity (Wildman–Crippen MR) is 574 cm³/mol. The molecule has 0 radical (unpaired) electrons. The van der Waals surface area contributed by atoms with Gasteiger partial charge in [0, 0.05) is 93.9 Å². The minimum Gasteiger partial charge on any atom is -0.355 e. The van der Waals surface area contributed by atoms with Crippen LogP contribution < -0.4 is 16.0 Å². The van der Waals surface area contributed by atoms with Crippen molar-refractivity contribution in [3.05, 3.63) is 439 Å². The molecule has 3 N–H and O–H groups in total. The van der Waals surface area contributed by atoms with E-state index >= 15 is 0 Å². The number of para-hydroxylation sites is 6. The molecule has 0 amide bonds. The zero-order valence-electron chi connectivity index (χ0n) is 68.2. The van der Waals surface area contributed by atoms with E-state index in [-0.39, 0.29) is 7.43 Å². The van der Waals surface area contributed by atoms with Crippen LogP contribution in [0, 0.1) is 3.57 Å². The Morgan fingerprint density at radius 2 is 0.633 bits per heavy atom. The topological polar surface area (TPSA) is 56.1 Å². The summed E-state index contributed by atoms with van der Waals surface area (Å²) in [4.78, 5) is 2.49. The monoisotopic (exact) mass is 2000 g/mol. The van der Waals surface area contributed by atoms with Crippen molar-refractivity contribution in [2.75, 3.05) is 16.0 Å². The summed E-state index contributed by atoms with van der Waals surface area (Å²) in [6.45, 7) is 0. The molecule has 0 fully saturated rings. The Morgan fingerprint density at radius 1 is 0.273 bits per heavy atom. The fourth-order valence-corrected chi connectivity index (χ4v) is 27.2. The number of fused-ring (bicyclic) bond motifs is 24. The van der Waals surface area contributed by atoms with Crippen LogP contribution in [-0.2, 0) is 0 Å². The van der Waals surface area contributed by atoms with Gasteiger partial charge in [0.25, 0.3) is 0 Å². The van der Waals surface area contributed by atoms with Crippen molar-refractivity contribution < 1.29 is 0 Å². The van der Waals surface area contributed by atoms with Crippen LogP contribution in [0.1, 0.15) is 7.43 Å². The number of thiophene rings is 3. The van der Waals surface area contributed by atoms with Crippen LogP contribution in [0.4, 0.5) is 34.1 Å². The second kappa shape index (κ2) is 34.6. The molecule has 0 unspecified atom stereocenters. The van der Waals surface area contributed by atoms with E-state index in [0.717, 1.165) is 22.7 Å². The molecule has 0 aliphatic carbocycles. The van der Waals surface area contributed by atoms with E-state index in [9.17, 15) is 0 Å². The summed E-state index contributed by atoms with van der Waals surface area (Å²) in [7, 11) is 0. The summed E-state index contributed by atoms with van der Waals surface area (Å²) in [5, 5.41) is 24.6. The summed E-state index contributed by atoms with van der Waals surface area (Å²) in [6, 6.07) is 155. The number of halogens is 2. The second-order valence-electron chi connectivity index (χ2n) is 31.5. The van der Waals surface area contributed by atoms with Crippen molar-refractivity contribution in [1.29, 1.82) is 0 Å². The van der Waals surface area contributed by atoms with Crippen LogP contribution in [0.5, 0.6) is 0 Å². The van der Waals surface area contributed by atoms with E-state index < -0.39 is 0 Å². The first-order chi connectivity index (χ1) is 62.7. The predicted octanol–water partition coefficient (Wildman–Crippen LogP) is 34.4. The number of rotatable bonds is 8. The van der Waals surface area contributed by atoms with Crippen molar-refractivity contribution in [3.63, 3.8) is 0 Å². The van der Waals surface area contributed by atoms with Gasteiger partial charge >= 0.3 is 356 Å². The molecule has 27 aromatic rings. The maximum absolute atomic E-state index is 5.97. The normalized spacial score (nSPS) is 11.5. The number of nitrogens with one attached hydrogen (secondary N) is 1. The summed E-state index contributed by atoms with van der Waals surface area (Å²) in [6.07, 6.45) is 0. The van der Waals surface area contributed by atoms with Crippen LogP contribution in [-0.4, -0.2) is 42.7 Å². The molecule has 0 bridgehead atoms.